The predicted molar refractivity (Wildman–Crippen MR) is 91.5 cm³/mol. The van der Waals surface area contributed by atoms with E-state index in [0.717, 1.165) is 0 Å². The van der Waals surface area contributed by atoms with Crippen molar-refractivity contribution in [2.45, 2.75) is 70.6 Å². The van der Waals surface area contributed by atoms with Crippen LogP contribution >= 0.6 is 0 Å². The van der Waals surface area contributed by atoms with E-state index in [1.165, 1.54) is 64.2 Å². The van der Waals surface area contributed by atoms with Crippen molar-refractivity contribution in [1.29, 1.82) is 0 Å². The highest BCUT2D eigenvalue weighted by Gasteiger charge is 2.53. The number of carbonyl (C=O) groups is 2. The maximum absolute atomic E-state index is 12.1. The molecule has 5 fully saturated rings. The lowest BCUT2D eigenvalue weighted by Gasteiger charge is -2.54. The van der Waals surface area contributed by atoms with Gasteiger partial charge in [0.1, 0.15) is 0 Å². The van der Waals surface area contributed by atoms with E-state index in [0.29, 0.717) is 42.3 Å². The van der Waals surface area contributed by atoms with Gasteiger partial charge in [0.05, 0.1) is 25.0 Å². The monoisotopic (exact) mass is 346 g/mol. The normalized spacial score (nSPS) is 36.6. The van der Waals surface area contributed by atoms with E-state index in [4.69, 9.17) is 9.47 Å². The second-order valence-electron chi connectivity index (χ2n) is 9.96. The summed E-state index contributed by atoms with van der Waals surface area (Å²) in [7, 11) is 0. The van der Waals surface area contributed by atoms with Crippen LogP contribution in [0.15, 0.2) is 0 Å². The number of ether oxygens (including phenoxy) is 2. The van der Waals surface area contributed by atoms with Crippen LogP contribution in [0.5, 0.6) is 0 Å². The van der Waals surface area contributed by atoms with E-state index in [-0.39, 0.29) is 23.8 Å². The number of hydrogen-bond acceptors (Lipinski definition) is 4. The largest absolute Gasteiger partial charge is 0.465 e. The molecule has 5 aliphatic rings. The quantitative estimate of drug-likeness (QED) is 0.685. The SMILES string of the molecule is O=C(OCC1CC2(CCC2)C1)[C@@H]1C[C@H]1C(=O)OCC1CC2(CCC2)C1. The first-order valence-electron chi connectivity index (χ1n) is 10.4. The van der Waals surface area contributed by atoms with Gasteiger partial charge in [0, 0.05) is 0 Å². The minimum atomic E-state index is -0.232. The summed E-state index contributed by atoms with van der Waals surface area (Å²) in [4.78, 5) is 24.2. The van der Waals surface area contributed by atoms with Crippen LogP contribution in [0.1, 0.15) is 70.6 Å². The molecule has 5 saturated carbocycles. The molecule has 5 rings (SSSR count). The van der Waals surface area contributed by atoms with Crippen molar-refractivity contribution in [3.63, 3.8) is 0 Å². The number of esters is 2. The zero-order valence-electron chi connectivity index (χ0n) is 15.1. The summed E-state index contributed by atoms with van der Waals surface area (Å²) in [5, 5.41) is 0. The molecule has 5 aliphatic carbocycles. The van der Waals surface area contributed by atoms with Crippen LogP contribution in [0.3, 0.4) is 0 Å². The molecule has 0 N–H and O–H groups in total. The fraction of sp³-hybridized carbons (Fsp3) is 0.905. The molecule has 4 heteroatoms. The summed E-state index contributed by atoms with van der Waals surface area (Å²) in [5.41, 5.74) is 1.26. The van der Waals surface area contributed by atoms with Crippen molar-refractivity contribution >= 4 is 11.9 Å². The third-order valence-electron chi connectivity index (χ3n) is 8.03. The first kappa shape index (κ1) is 16.1. The molecule has 2 atom stereocenters. The van der Waals surface area contributed by atoms with Crippen LogP contribution in [0.25, 0.3) is 0 Å². The Balaban J connectivity index is 0.968. The van der Waals surface area contributed by atoms with Gasteiger partial charge in [-0.05, 0) is 80.5 Å². The molecular formula is C21H30O4. The Bertz CT molecular complexity index is 508. The molecule has 0 bridgehead atoms. The number of hydrogen-bond donors (Lipinski definition) is 0. The van der Waals surface area contributed by atoms with Gasteiger partial charge in [-0.1, -0.05) is 12.8 Å². The zero-order valence-corrected chi connectivity index (χ0v) is 15.1. The highest BCUT2D eigenvalue weighted by atomic mass is 16.5. The fourth-order valence-electron chi connectivity index (χ4n) is 6.07. The molecule has 0 aliphatic heterocycles. The lowest BCUT2D eigenvalue weighted by molar-refractivity contribution is -0.157. The minimum absolute atomic E-state index is 0.173. The fourth-order valence-corrected chi connectivity index (χ4v) is 6.07. The molecule has 4 nitrogen and oxygen atoms in total. The molecule has 2 spiro atoms. The molecule has 0 heterocycles. The Morgan fingerprint density at radius 1 is 0.720 bits per heavy atom. The van der Waals surface area contributed by atoms with E-state index in [1.807, 2.05) is 0 Å². The molecule has 0 aromatic heterocycles. The Morgan fingerprint density at radius 2 is 1.12 bits per heavy atom. The lowest BCUT2D eigenvalue weighted by atomic mass is 9.52. The van der Waals surface area contributed by atoms with E-state index < -0.39 is 0 Å². The van der Waals surface area contributed by atoms with Gasteiger partial charge in [0.15, 0.2) is 0 Å². The van der Waals surface area contributed by atoms with Gasteiger partial charge in [-0.25, -0.2) is 0 Å². The van der Waals surface area contributed by atoms with Gasteiger partial charge in [-0.15, -0.1) is 0 Å². The summed E-state index contributed by atoms with van der Waals surface area (Å²) >= 11 is 0. The maximum atomic E-state index is 12.1. The Hall–Kier alpha value is -1.06. The van der Waals surface area contributed by atoms with Crippen LogP contribution in [-0.4, -0.2) is 25.2 Å². The van der Waals surface area contributed by atoms with Gasteiger partial charge in [0.25, 0.3) is 0 Å². The summed E-state index contributed by atoms with van der Waals surface area (Å²) in [6, 6.07) is 0. The van der Waals surface area contributed by atoms with Gasteiger partial charge in [-0.3, -0.25) is 9.59 Å². The van der Waals surface area contributed by atoms with E-state index in [2.05, 4.69) is 0 Å². The van der Waals surface area contributed by atoms with Crippen LogP contribution in [0.4, 0.5) is 0 Å². The highest BCUT2D eigenvalue weighted by molar-refractivity contribution is 5.87. The maximum Gasteiger partial charge on any atom is 0.309 e. The van der Waals surface area contributed by atoms with Crippen molar-refractivity contribution < 1.29 is 19.1 Å². The van der Waals surface area contributed by atoms with Crippen LogP contribution in [-0.2, 0) is 19.1 Å². The van der Waals surface area contributed by atoms with Gasteiger partial charge in [0.2, 0.25) is 0 Å². The summed E-state index contributed by atoms with van der Waals surface area (Å²) < 4.78 is 10.9. The second-order valence-corrected chi connectivity index (χ2v) is 9.96. The van der Waals surface area contributed by atoms with E-state index in [9.17, 15) is 9.59 Å². The van der Waals surface area contributed by atoms with Gasteiger partial charge in [-0.2, -0.15) is 0 Å². The van der Waals surface area contributed by atoms with E-state index >= 15 is 0 Å². The van der Waals surface area contributed by atoms with Crippen molar-refractivity contribution in [3.05, 3.63) is 0 Å². The molecule has 0 radical (unpaired) electrons. The predicted octanol–water partition coefficient (Wildman–Crippen LogP) is 3.87. The average Bonchev–Trinajstić information content (AvgIpc) is 3.20. The summed E-state index contributed by atoms with van der Waals surface area (Å²) in [5.74, 6) is 0.313. The molecule has 0 saturated heterocycles. The smallest absolute Gasteiger partial charge is 0.309 e. The molecular weight excluding hydrogens is 316 g/mol. The van der Waals surface area contributed by atoms with Gasteiger partial charge < -0.3 is 9.47 Å². The molecule has 0 aromatic carbocycles. The van der Waals surface area contributed by atoms with E-state index in [1.54, 1.807) is 0 Å². The molecule has 138 valence electrons. The number of carbonyl (C=O) groups excluding carboxylic acids is 2. The van der Waals surface area contributed by atoms with Crippen molar-refractivity contribution in [3.8, 4) is 0 Å². The molecule has 25 heavy (non-hydrogen) atoms. The standard InChI is InChI=1S/C21H30O4/c22-18(24-12-14-8-20(9-14)3-1-4-20)16-7-17(16)19(23)25-13-15-10-21(11-15)5-2-6-21/h14-17H,1-13H2/t16-,17-/m1/s1. The molecule has 0 unspecified atom stereocenters. The Kier molecular flexibility index (Phi) is 3.69. The zero-order chi connectivity index (χ0) is 17.1. The van der Waals surface area contributed by atoms with Crippen molar-refractivity contribution in [2.24, 2.45) is 34.5 Å². The van der Waals surface area contributed by atoms with Crippen LogP contribution < -0.4 is 0 Å². The van der Waals surface area contributed by atoms with Gasteiger partial charge >= 0.3 is 11.9 Å². The highest BCUT2D eigenvalue weighted by Crippen LogP contribution is 2.59. The second kappa shape index (κ2) is 5.72. The van der Waals surface area contributed by atoms with Crippen LogP contribution in [0.2, 0.25) is 0 Å². The first-order valence-corrected chi connectivity index (χ1v) is 10.4. The average molecular weight is 346 g/mol. The van der Waals surface area contributed by atoms with Crippen molar-refractivity contribution in [1.82, 2.24) is 0 Å². The molecule has 0 aromatic rings. The summed E-state index contributed by atoms with van der Waals surface area (Å²) in [6.45, 7) is 1.12. The Morgan fingerprint density at radius 3 is 1.44 bits per heavy atom. The minimum Gasteiger partial charge on any atom is -0.465 e. The van der Waals surface area contributed by atoms with Crippen molar-refractivity contribution in [2.75, 3.05) is 13.2 Å². The first-order chi connectivity index (χ1) is 12.1. The summed E-state index contributed by atoms with van der Waals surface area (Å²) in [6.07, 6.45) is 13.8. The topological polar surface area (TPSA) is 52.6 Å². The third-order valence-corrected chi connectivity index (χ3v) is 8.03. The number of rotatable bonds is 6. The lowest BCUT2D eigenvalue weighted by Crippen LogP contribution is -2.44. The Labute approximate surface area is 150 Å². The molecule has 0 amide bonds. The third kappa shape index (κ3) is 2.90. The van der Waals surface area contributed by atoms with Crippen LogP contribution in [0, 0.1) is 34.5 Å².